The van der Waals surface area contributed by atoms with Gasteiger partial charge in [0.1, 0.15) is 11.6 Å². The number of hydrogen-bond donors (Lipinski definition) is 3. The third kappa shape index (κ3) is 18.1. The summed E-state index contributed by atoms with van der Waals surface area (Å²) < 4.78 is 12.3. The van der Waals surface area contributed by atoms with E-state index in [-0.39, 0.29) is 51.4 Å². The molecule has 0 spiro atoms. The molecule has 0 saturated heterocycles. The molecular weight excluding hydrogens is 1090 g/mol. The standard InChI is InChI=1S/C23H20N2.C21H15BrN2.CH5N.Cu.HI.3K.HO4P/c1-2-17-11-9-10-16-20(17)23-24-21(18-12-5-3-6-13-18)22(25-23)19-14-7-4-8-15-19;22-18-14-8-7-13-17(18)21-23-19(15-9-3-1-4-10-15)20(24-21)16-11-5-2-6-12-16;1-2;;;;;;1-4-5(2)3/h3-16H,2H2,1H3,(H,24,25);1-14H,(H,23,24);2H2,1H3;;1H;;;;1H/q;;;+1;;;;+1;/p-2. The first-order valence-electron chi connectivity index (χ1n) is 18.8. The van der Waals surface area contributed by atoms with Gasteiger partial charge in [0, 0.05) is 37.9 Å². The predicted octanol–water partition coefficient (Wildman–Crippen LogP) is 7.14. The second-order valence-corrected chi connectivity index (χ2v) is 13.3. The molecule has 0 bridgehead atoms. The van der Waals surface area contributed by atoms with E-state index in [4.69, 9.17) is 24.7 Å². The van der Waals surface area contributed by atoms with Crippen molar-refractivity contribution in [3.8, 4) is 67.8 Å². The summed E-state index contributed by atoms with van der Waals surface area (Å²) >= 11 is 12.0. The van der Waals surface area contributed by atoms with Gasteiger partial charge in [0.15, 0.2) is 0 Å². The number of benzene rings is 6. The van der Waals surface area contributed by atoms with Gasteiger partial charge in [-0.2, -0.15) is 0 Å². The Bertz CT molecular complexity index is 2330. The van der Waals surface area contributed by atoms with E-state index in [0.29, 0.717) is 0 Å². The predicted molar refractivity (Wildman–Crippen MR) is 251 cm³/mol. The minimum absolute atomic E-state index is 0. The zero-order valence-corrected chi connectivity index (χ0v) is 49.4. The molecule has 1 atom stereocenters. The molecule has 0 aliphatic carbocycles. The number of halogens is 2. The molecule has 1 unspecified atom stereocenters. The third-order valence-electron chi connectivity index (χ3n) is 8.47. The number of aromatic nitrogens is 4. The summed E-state index contributed by atoms with van der Waals surface area (Å²) in [6.45, 7) is 2.18. The molecule has 8 aromatic rings. The number of rotatable bonds is 8. The molecule has 0 amide bonds. The fraction of sp³-hybridized carbons (Fsp3) is 0.0667. The molecule has 0 saturated carbocycles. The van der Waals surface area contributed by atoms with Gasteiger partial charge >= 0.3 is 156 Å². The van der Waals surface area contributed by atoms with Gasteiger partial charge in [-0.3, -0.25) is 0 Å². The van der Waals surface area contributed by atoms with Gasteiger partial charge in [-0.25, -0.2) is 14.6 Å². The Morgan fingerprint density at radius 3 is 1.30 bits per heavy atom. The molecule has 2 heterocycles. The molecule has 302 valence electrons. The minimum atomic E-state index is -3.15. The normalized spacial score (nSPS) is 9.89. The quantitative estimate of drug-likeness (QED) is 0.0481. The first kappa shape index (κ1) is 57.4. The summed E-state index contributed by atoms with van der Waals surface area (Å²) in [5, 5.41) is 8.53. The summed E-state index contributed by atoms with van der Waals surface area (Å²) in [5.74, 6) is 1.79. The molecule has 9 nitrogen and oxygen atoms in total. The summed E-state index contributed by atoms with van der Waals surface area (Å²) in [5.41, 5.74) is 16.6. The number of nitrogens with one attached hydrogen (secondary N) is 2. The number of aryl methyl sites for hydroxylation is 1. The number of hydrogen-bond acceptors (Lipinski definition) is 7. The van der Waals surface area contributed by atoms with Gasteiger partial charge in [0.05, 0.1) is 22.8 Å². The number of nitrogens with zero attached hydrogens (tertiary/aromatic N) is 2. The van der Waals surface area contributed by atoms with E-state index in [0.717, 1.165) is 73.1 Å². The van der Waals surface area contributed by atoms with Crippen LogP contribution >= 0.6 is 44.5 Å². The van der Waals surface area contributed by atoms with Crippen LogP contribution in [0, 0.1) is 0 Å². The second-order valence-electron chi connectivity index (χ2n) is 11.9. The van der Waals surface area contributed by atoms with Gasteiger partial charge in [-0.05, 0) is 29.7 Å². The summed E-state index contributed by atoms with van der Waals surface area (Å²) in [6, 6.07) is 57.9. The Labute approximate surface area is 474 Å². The van der Waals surface area contributed by atoms with Crippen LogP contribution in [-0.2, 0) is 28.4 Å². The Morgan fingerprint density at radius 2 is 0.934 bits per heavy atom. The Hall–Kier alpha value is 0.319. The van der Waals surface area contributed by atoms with E-state index in [9.17, 15) is 0 Å². The maximum absolute atomic E-state index is 8.87. The van der Waals surface area contributed by atoms with Crippen LogP contribution in [0.1, 0.15) is 12.5 Å². The average Bonchev–Trinajstić information content (AvgIpc) is 3.99. The van der Waals surface area contributed by atoms with Gasteiger partial charge in [-0.1, -0.05) is 187 Å². The number of H-pyrrole nitrogens is 2. The molecule has 2 aromatic heterocycles. The number of nitrogens with two attached hydrogens (primary N) is 1. The van der Waals surface area contributed by atoms with Crippen molar-refractivity contribution in [2.24, 2.45) is 5.73 Å². The van der Waals surface area contributed by atoms with E-state index < -0.39 is 8.25 Å². The Morgan fingerprint density at radius 1 is 0.623 bits per heavy atom. The van der Waals surface area contributed by atoms with Crippen molar-refractivity contribution in [3.05, 3.63) is 180 Å². The summed E-state index contributed by atoms with van der Waals surface area (Å²) in [6.07, 6.45) is 0.984. The van der Waals surface area contributed by atoms with Crippen LogP contribution in [0.15, 0.2) is 174 Å². The monoisotopic (exact) mass is 1130 g/mol. The maximum atomic E-state index is 8.87. The fourth-order valence-electron chi connectivity index (χ4n) is 5.95. The van der Waals surface area contributed by atoms with Crippen LogP contribution < -0.4 is 67.3 Å². The van der Waals surface area contributed by atoms with Gasteiger partial charge in [0.2, 0.25) is 0 Å². The van der Waals surface area contributed by atoms with Crippen molar-refractivity contribution in [2.75, 3.05) is 7.05 Å². The fourth-order valence-corrected chi connectivity index (χ4v) is 6.42. The van der Waals surface area contributed by atoms with Crippen molar-refractivity contribution in [1.82, 2.24) is 19.9 Å². The van der Waals surface area contributed by atoms with Crippen LogP contribution in [0.5, 0.6) is 0 Å². The molecule has 6 aromatic carbocycles. The molecule has 16 heteroatoms. The molecule has 0 aliphatic rings. The van der Waals surface area contributed by atoms with E-state index in [2.05, 4.69) is 159 Å². The SMILES string of the molecule is Brc1ccccc1-c1nc(-c2ccccc2)c(-c2ccccc2)[nH]1.CCc1ccccc1-c1nc(-c2ccccc2)c(-c2ccccc2)[nH]1.CN.O=[P+]([O-])O[O-].[Cu][I].[K+].[K][K]. The van der Waals surface area contributed by atoms with Crippen LogP contribution in [0.2, 0.25) is 0 Å². The summed E-state index contributed by atoms with van der Waals surface area (Å²) in [4.78, 5) is 25.8. The van der Waals surface area contributed by atoms with Crippen LogP contribution in [-0.4, -0.2) is 90.1 Å². The number of imidazole rings is 2. The van der Waals surface area contributed by atoms with E-state index in [1.807, 2.05) is 66.7 Å². The first-order chi connectivity index (χ1) is 29.5. The first-order valence-corrected chi connectivity index (χ1v) is 39.8. The van der Waals surface area contributed by atoms with Crippen LogP contribution in [0.3, 0.4) is 0 Å². The zero-order valence-electron chi connectivity index (χ0n) is 34.5. The number of aromatic amines is 2. The second kappa shape index (κ2) is 33.7. The van der Waals surface area contributed by atoms with Crippen molar-refractivity contribution < 1.29 is 83.5 Å². The van der Waals surface area contributed by atoms with Gasteiger partial charge in [0.25, 0.3) is 0 Å². The molecule has 8 rings (SSSR count). The van der Waals surface area contributed by atoms with Crippen molar-refractivity contribution in [1.29, 1.82) is 0 Å². The van der Waals surface area contributed by atoms with E-state index >= 15 is 0 Å². The third-order valence-corrected chi connectivity index (χ3v) is 9.28. The molecule has 61 heavy (non-hydrogen) atoms. The molecular formula is C45H40BrCuIK3N5O4P. The van der Waals surface area contributed by atoms with Crippen molar-refractivity contribution in [2.45, 2.75) is 13.3 Å². The Balaban J connectivity index is 0.000000337. The molecule has 0 radical (unpaired) electrons. The van der Waals surface area contributed by atoms with Crippen LogP contribution in [0.4, 0.5) is 0 Å². The van der Waals surface area contributed by atoms with Gasteiger partial charge in [-0.15, -0.1) is 0 Å². The zero-order chi connectivity index (χ0) is 43.7. The summed E-state index contributed by atoms with van der Waals surface area (Å²) in [7, 11) is -1.65. The molecule has 4 N–H and O–H groups in total. The van der Waals surface area contributed by atoms with Crippen LogP contribution in [0.25, 0.3) is 67.8 Å². The van der Waals surface area contributed by atoms with E-state index in [1.165, 1.54) is 81.3 Å². The molecule has 0 aliphatic heterocycles. The average molecular weight is 1130 g/mol. The molecule has 0 fully saturated rings. The van der Waals surface area contributed by atoms with E-state index in [1.54, 1.807) is 20.3 Å². The van der Waals surface area contributed by atoms with Crippen molar-refractivity contribution in [3.63, 3.8) is 0 Å². The Kier molecular flexibility index (Phi) is 31.8. The van der Waals surface area contributed by atoms with Gasteiger partial charge < -0.3 is 25.9 Å². The van der Waals surface area contributed by atoms with Crippen molar-refractivity contribution >= 4 is 108 Å². The topological polar surface area (TPSA) is 156 Å².